The molecule has 21 heavy (non-hydrogen) atoms. The van der Waals surface area contributed by atoms with E-state index in [0.717, 1.165) is 17.2 Å². The summed E-state index contributed by atoms with van der Waals surface area (Å²) < 4.78 is 28.9. The molecule has 1 aromatic heterocycles. The first kappa shape index (κ1) is 13.5. The number of imidazole rings is 1. The standard InChI is InChI=1S/C16H15F2N3/c1-9-3-5-11(6-4-9)10(2)21-14-8-12(17)7-13(18)15(14)20-16(21)19/h3-8,10H,1-2H3,(H2,19,20). The SMILES string of the molecule is Cc1ccc(C(C)n2c(N)nc3c(F)cc(F)cc32)cc1. The van der Waals surface area contributed by atoms with Gasteiger partial charge in [-0.2, -0.15) is 0 Å². The Bertz CT molecular complexity index is 806. The van der Waals surface area contributed by atoms with Crippen molar-refractivity contribution in [3.8, 4) is 0 Å². The molecule has 1 unspecified atom stereocenters. The van der Waals surface area contributed by atoms with Crippen molar-refractivity contribution in [1.82, 2.24) is 9.55 Å². The minimum absolute atomic E-state index is 0.0906. The highest BCUT2D eigenvalue weighted by molar-refractivity contribution is 5.79. The third kappa shape index (κ3) is 2.24. The summed E-state index contributed by atoms with van der Waals surface area (Å²) in [5.74, 6) is -1.17. The molecule has 2 N–H and O–H groups in total. The van der Waals surface area contributed by atoms with E-state index in [2.05, 4.69) is 4.98 Å². The maximum atomic E-state index is 13.8. The molecule has 2 aromatic carbocycles. The molecular weight excluding hydrogens is 272 g/mol. The fourth-order valence-electron chi connectivity index (χ4n) is 2.54. The average molecular weight is 287 g/mol. The van der Waals surface area contributed by atoms with E-state index < -0.39 is 11.6 Å². The molecule has 3 rings (SSSR count). The van der Waals surface area contributed by atoms with Crippen LogP contribution < -0.4 is 5.73 Å². The number of aromatic nitrogens is 2. The van der Waals surface area contributed by atoms with E-state index in [4.69, 9.17) is 5.73 Å². The molecule has 1 heterocycles. The van der Waals surface area contributed by atoms with E-state index >= 15 is 0 Å². The van der Waals surface area contributed by atoms with Crippen molar-refractivity contribution in [2.24, 2.45) is 0 Å². The summed E-state index contributed by atoms with van der Waals surface area (Å²) in [6.07, 6.45) is 0. The molecule has 0 bridgehead atoms. The number of aryl methyl sites for hydroxylation is 1. The molecule has 0 aliphatic heterocycles. The van der Waals surface area contributed by atoms with Crippen LogP contribution in [0.5, 0.6) is 0 Å². The first-order valence-corrected chi connectivity index (χ1v) is 6.66. The molecular formula is C16H15F2N3. The predicted molar refractivity (Wildman–Crippen MR) is 79.1 cm³/mol. The van der Waals surface area contributed by atoms with Gasteiger partial charge in [-0.1, -0.05) is 29.8 Å². The van der Waals surface area contributed by atoms with Crippen LogP contribution in [0.15, 0.2) is 36.4 Å². The quantitative estimate of drug-likeness (QED) is 0.778. The minimum atomic E-state index is -0.702. The van der Waals surface area contributed by atoms with Gasteiger partial charge >= 0.3 is 0 Å². The number of rotatable bonds is 2. The lowest BCUT2D eigenvalue weighted by Gasteiger charge is -2.16. The van der Waals surface area contributed by atoms with Crippen LogP contribution in [0, 0.1) is 18.6 Å². The second-order valence-corrected chi connectivity index (χ2v) is 5.18. The maximum Gasteiger partial charge on any atom is 0.201 e. The van der Waals surface area contributed by atoms with Gasteiger partial charge in [0.1, 0.15) is 11.3 Å². The van der Waals surface area contributed by atoms with E-state index in [-0.39, 0.29) is 17.5 Å². The molecule has 108 valence electrons. The molecule has 0 radical (unpaired) electrons. The number of anilines is 1. The summed E-state index contributed by atoms with van der Waals surface area (Å²) in [4.78, 5) is 4.02. The van der Waals surface area contributed by atoms with Crippen molar-refractivity contribution in [2.75, 3.05) is 5.73 Å². The monoisotopic (exact) mass is 287 g/mol. The summed E-state index contributed by atoms with van der Waals surface area (Å²) in [5, 5.41) is 0. The van der Waals surface area contributed by atoms with Crippen molar-refractivity contribution < 1.29 is 8.78 Å². The number of fused-ring (bicyclic) bond motifs is 1. The highest BCUT2D eigenvalue weighted by Crippen LogP contribution is 2.29. The van der Waals surface area contributed by atoms with Gasteiger partial charge in [0, 0.05) is 12.1 Å². The van der Waals surface area contributed by atoms with Gasteiger partial charge in [-0.3, -0.25) is 0 Å². The van der Waals surface area contributed by atoms with Crippen LogP contribution in [0.4, 0.5) is 14.7 Å². The van der Waals surface area contributed by atoms with Crippen LogP contribution in [-0.4, -0.2) is 9.55 Å². The number of hydrogen-bond acceptors (Lipinski definition) is 2. The zero-order valence-electron chi connectivity index (χ0n) is 11.8. The van der Waals surface area contributed by atoms with Crippen molar-refractivity contribution in [2.45, 2.75) is 19.9 Å². The van der Waals surface area contributed by atoms with E-state index in [1.807, 2.05) is 38.1 Å². The van der Waals surface area contributed by atoms with E-state index in [0.29, 0.717) is 5.52 Å². The van der Waals surface area contributed by atoms with Crippen molar-refractivity contribution in [3.63, 3.8) is 0 Å². The second-order valence-electron chi connectivity index (χ2n) is 5.18. The Hall–Kier alpha value is -2.43. The van der Waals surface area contributed by atoms with Gasteiger partial charge in [-0.25, -0.2) is 13.8 Å². The van der Waals surface area contributed by atoms with Gasteiger partial charge in [0.05, 0.1) is 11.6 Å². The number of halogens is 2. The third-order valence-corrected chi connectivity index (χ3v) is 3.69. The average Bonchev–Trinajstić information content (AvgIpc) is 2.75. The number of nitrogens with two attached hydrogens (primary N) is 1. The number of nitrogens with zero attached hydrogens (tertiary/aromatic N) is 2. The van der Waals surface area contributed by atoms with Gasteiger partial charge in [-0.05, 0) is 19.4 Å². The van der Waals surface area contributed by atoms with Crippen molar-refractivity contribution in [3.05, 3.63) is 59.2 Å². The number of benzene rings is 2. The Kier molecular flexibility index (Phi) is 3.12. The first-order valence-electron chi connectivity index (χ1n) is 6.66. The topological polar surface area (TPSA) is 43.8 Å². The summed E-state index contributed by atoms with van der Waals surface area (Å²) in [5.41, 5.74) is 8.49. The molecule has 0 amide bonds. The van der Waals surface area contributed by atoms with Crippen molar-refractivity contribution >= 4 is 17.0 Å². The lowest BCUT2D eigenvalue weighted by atomic mass is 10.1. The smallest absolute Gasteiger partial charge is 0.201 e. The maximum absolute atomic E-state index is 13.8. The van der Waals surface area contributed by atoms with Gasteiger partial charge in [0.25, 0.3) is 0 Å². The van der Waals surface area contributed by atoms with Gasteiger partial charge in [0.15, 0.2) is 5.82 Å². The van der Waals surface area contributed by atoms with Gasteiger partial charge < -0.3 is 10.3 Å². The molecule has 0 aliphatic rings. The highest BCUT2D eigenvalue weighted by atomic mass is 19.1. The van der Waals surface area contributed by atoms with E-state index in [9.17, 15) is 8.78 Å². The molecule has 1 atom stereocenters. The second kappa shape index (κ2) is 4.84. The van der Waals surface area contributed by atoms with Crippen LogP contribution in [0.25, 0.3) is 11.0 Å². The lowest BCUT2D eigenvalue weighted by molar-refractivity contribution is 0.589. The Labute approximate surface area is 121 Å². The lowest BCUT2D eigenvalue weighted by Crippen LogP contribution is -2.10. The first-order chi connectivity index (χ1) is 9.97. The van der Waals surface area contributed by atoms with Crippen LogP contribution in [-0.2, 0) is 0 Å². The summed E-state index contributed by atoms with van der Waals surface area (Å²) in [7, 11) is 0. The largest absolute Gasteiger partial charge is 0.369 e. The molecule has 3 nitrogen and oxygen atoms in total. The third-order valence-electron chi connectivity index (χ3n) is 3.69. The minimum Gasteiger partial charge on any atom is -0.369 e. The number of hydrogen-bond donors (Lipinski definition) is 1. The van der Waals surface area contributed by atoms with Crippen LogP contribution in [0.3, 0.4) is 0 Å². The van der Waals surface area contributed by atoms with Gasteiger partial charge in [-0.15, -0.1) is 0 Å². The van der Waals surface area contributed by atoms with Crippen LogP contribution in [0.2, 0.25) is 0 Å². The predicted octanol–water partition coefficient (Wildman–Crippen LogP) is 3.81. The molecule has 0 aliphatic carbocycles. The molecule has 0 saturated heterocycles. The fraction of sp³-hybridized carbons (Fsp3) is 0.188. The van der Waals surface area contributed by atoms with E-state index in [1.165, 1.54) is 6.07 Å². The zero-order valence-corrected chi connectivity index (χ0v) is 11.8. The molecule has 5 heteroatoms. The summed E-state index contributed by atoms with van der Waals surface area (Å²) in [6, 6.07) is 9.83. The van der Waals surface area contributed by atoms with E-state index in [1.54, 1.807) is 4.57 Å². The zero-order chi connectivity index (χ0) is 15.1. The fourth-order valence-corrected chi connectivity index (χ4v) is 2.54. The molecule has 0 fully saturated rings. The normalized spacial score (nSPS) is 12.8. The summed E-state index contributed by atoms with van der Waals surface area (Å²) >= 11 is 0. The Morgan fingerprint density at radius 2 is 1.81 bits per heavy atom. The van der Waals surface area contributed by atoms with Crippen LogP contribution >= 0.6 is 0 Å². The molecule has 0 spiro atoms. The van der Waals surface area contributed by atoms with Crippen LogP contribution in [0.1, 0.15) is 24.1 Å². The summed E-state index contributed by atoms with van der Waals surface area (Å²) in [6.45, 7) is 3.92. The Morgan fingerprint density at radius 1 is 1.14 bits per heavy atom. The molecule has 3 aromatic rings. The highest BCUT2D eigenvalue weighted by Gasteiger charge is 2.18. The van der Waals surface area contributed by atoms with Crippen molar-refractivity contribution in [1.29, 1.82) is 0 Å². The Balaban J connectivity index is 2.19. The molecule has 0 saturated carbocycles. The van der Waals surface area contributed by atoms with Gasteiger partial charge in [0.2, 0.25) is 5.95 Å². The number of nitrogen functional groups attached to an aromatic ring is 1. The Morgan fingerprint density at radius 3 is 2.48 bits per heavy atom.